The molecule has 0 aromatic heterocycles. The highest BCUT2D eigenvalue weighted by Gasteiger charge is 2.30. The number of halogens is 3. The molecule has 1 aliphatic heterocycles. The maximum absolute atomic E-state index is 12.5. The summed E-state index contributed by atoms with van der Waals surface area (Å²) < 4.78 is 37.4. The molecule has 100 valence electrons. The summed E-state index contributed by atoms with van der Waals surface area (Å²) in [5.41, 5.74) is 0.0610. The lowest BCUT2D eigenvalue weighted by Crippen LogP contribution is -2.39. The second kappa shape index (κ2) is 5.18. The van der Waals surface area contributed by atoms with E-state index >= 15 is 0 Å². The SMILES string of the molecule is CCC1CCCON1c1ccc(C(F)(F)F)cc1. The van der Waals surface area contributed by atoms with Crippen LogP contribution in [-0.2, 0) is 11.0 Å². The van der Waals surface area contributed by atoms with Crippen molar-refractivity contribution < 1.29 is 18.0 Å². The molecule has 1 fully saturated rings. The summed E-state index contributed by atoms with van der Waals surface area (Å²) >= 11 is 0. The van der Waals surface area contributed by atoms with E-state index < -0.39 is 11.7 Å². The van der Waals surface area contributed by atoms with Gasteiger partial charge in [-0.15, -0.1) is 0 Å². The van der Waals surface area contributed by atoms with E-state index in [4.69, 9.17) is 4.84 Å². The highest BCUT2D eigenvalue weighted by atomic mass is 19.4. The minimum atomic E-state index is -4.29. The van der Waals surface area contributed by atoms with Crippen LogP contribution >= 0.6 is 0 Å². The third-order valence-electron chi connectivity index (χ3n) is 3.16. The number of hydrogen-bond acceptors (Lipinski definition) is 2. The van der Waals surface area contributed by atoms with Crippen molar-refractivity contribution >= 4 is 5.69 Å². The second-order valence-electron chi connectivity index (χ2n) is 4.41. The van der Waals surface area contributed by atoms with Crippen LogP contribution in [0.3, 0.4) is 0 Å². The van der Waals surface area contributed by atoms with Crippen LogP contribution in [0.2, 0.25) is 0 Å². The lowest BCUT2D eigenvalue weighted by Gasteiger charge is -2.35. The number of alkyl halides is 3. The van der Waals surface area contributed by atoms with Crippen LogP contribution in [0.25, 0.3) is 0 Å². The van der Waals surface area contributed by atoms with E-state index in [1.807, 2.05) is 0 Å². The topological polar surface area (TPSA) is 12.5 Å². The quantitative estimate of drug-likeness (QED) is 0.795. The number of benzene rings is 1. The molecule has 1 unspecified atom stereocenters. The fraction of sp³-hybridized carbons (Fsp3) is 0.538. The molecule has 1 atom stereocenters. The van der Waals surface area contributed by atoms with Crippen molar-refractivity contribution in [2.45, 2.75) is 38.4 Å². The molecule has 5 heteroatoms. The summed E-state index contributed by atoms with van der Waals surface area (Å²) in [4.78, 5) is 5.55. The van der Waals surface area contributed by atoms with Crippen LogP contribution in [0, 0.1) is 0 Å². The zero-order chi connectivity index (χ0) is 13.2. The molecule has 1 aromatic rings. The Kier molecular flexibility index (Phi) is 3.80. The van der Waals surface area contributed by atoms with Crippen LogP contribution in [0.5, 0.6) is 0 Å². The van der Waals surface area contributed by atoms with Gasteiger partial charge in [0.05, 0.1) is 23.9 Å². The Balaban J connectivity index is 2.18. The monoisotopic (exact) mass is 259 g/mol. The Morgan fingerprint density at radius 2 is 1.94 bits per heavy atom. The van der Waals surface area contributed by atoms with Gasteiger partial charge >= 0.3 is 6.18 Å². The Bertz CT molecular complexity index is 388. The van der Waals surface area contributed by atoms with Gasteiger partial charge in [-0.1, -0.05) is 6.92 Å². The minimum Gasteiger partial charge on any atom is -0.273 e. The van der Waals surface area contributed by atoms with Gasteiger partial charge in [0.25, 0.3) is 0 Å². The van der Waals surface area contributed by atoms with Crippen molar-refractivity contribution in [3.05, 3.63) is 29.8 Å². The average molecular weight is 259 g/mol. The number of rotatable bonds is 2. The lowest BCUT2D eigenvalue weighted by molar-refractivity contribution is -0.137. The highest BCUT2D eigenvalue weighted by Crippen LogP contribution is 2.32. The van der Waals surface area contributed by atoms with Crippen LogP contribution in [0.1, 0.15) is 31.7 Å². The van der Waals surface area contributed by atoms with Crippen molar-refractivity contribution in [2.75, 3.05) is 11.7 Å². The summed E-state index contributed by atoms with van der Waals surface area (Å²) in [7, 11) is 0. The van der Waals surface area contributed by atoms with Gasteiger partial charge in [-0.3, -0.25) is 9.90 Å². The molecule has 2 nitrogen and oxygen atoms in total. The summed E-state index contributed by atoms with van der Waals surface area (Å²) in [5, 5.41) is 1.74. The van der Waals surface area contributed by atoms with Crippen molar-refractivity contribution in [1.29, 1.82) is 0 Å². The van der Waals surface area contributed by atoms with E-state index in [2.05, 4.69) is 6.92 Å². The normalized spacial score (nSPS) is 21.1. The highest BCUT2D eigenvalue weighted by molar-refractivity contribution is 5.47. The van der Waals surface area contributed by atoms with E-state index in [-0.39, 0.29) is 6.04 Å². The van der Waals surface area contributed by atoms with Crippen molar-refractivity contribution in [3.8, 4) is 0 Å². The van der Waals surface area contributed by atoms with Crippen LogP contribution < -0.4 is 5.06 Å². The van der Waals surface area contributed by atoms with Gasteiger partial charge in [-0.2, -0.15) is 13.2 Å². The molecule has 1 saturated heterocycles. The average Bonchev–Trinajstić information content (AvgIpc) is 2.38. The third kappa shape index (κ3) is 2.77. The standard InChI is InChI=1S/C13H16F3NO/c1-2-11-4-3-9-18-17(11)12-7-5-10(6-8-12)13(14,15)16/h5-8,11H,2-4,9H2,1H3. The van der Waals surface area contributed by atoms with Gasteiger partial charge in [-0.25, -0.2) is 0 Å². The summed E-state index contributed by atoms with van der Waals surface area (Å²) in [5.74, 6) is 0. The molecule has 0 N–H and O–H groups in total. The van der Waals surface area contributed by atoms with E-state index in [1.54, 1.807) is 5.06 Å². The first-order valence-electron chi connectivity index (χ1n) is 6.11. The first-order chi connectivity index (χ1) is 8.52. The molecule has 18 heavy (non-hydrogen) atoms. The number of nitrogens with zero attached hydrogens (tertiary/aromatic N) is 1. The first kappa shape index (κ1) is 13.2. The van der Waals surface area contributed by atoms with Gasteiger partial charge in [-0.05, 0) is 43.5 Å². The predicted octanol–water partition coefficient (Wildman–Crippen LogP) is 4.02. The van der Waals surface area contributed by atoms with Gasteiger partial charge < -0.3 is 0 Å². The molecule has 0 amide bonds. The van der Waals surface area contributed by atoms with Gasteiger partial charge in [0.15, 0.2) is 0 Å². The van der Waals surface area contributed by atoms with Crippen LogP contribution in [-0.4, -0.2) is 12.6 Å². The van der Waals surface area contributed by atoms with E-state index in [9.17, 15) is 13.2 Å². The molecule has 1 aliphatic rings. The fourth-order valence-corrected chi connectivity index (χ4v) is 2.16. The first-order valence-corrected chi connectivity index (χ1v) is 6.11. The lowest BCUT2D eigenvalue weighted by atomic mass is 10.1. The molecular weight excluding hydrogens is 243 g/mol. The van der Waals surface area contributed by atoms with Gasteiger partial charge in [0.1, 0.15) is 0 Å². The van der Waals surface area contributed by atoms with Crippen molar-refractivity contribution in [1.82, 2.24) is 0 Å². The largest absolute Gasteiger partial charge is 0.416 e. The molecule has 1 heterocycles. The Morgan fingerprint density at radius 3 is 2.50 bits per heavy atom. The fourth-order valence-electron chi connectivity index (χ4n) is 2.16. The van der Waals surface area contributed by atoms with E-state index in [0.29, 0.717) is 12.3 Å². The molecule has 0 bridgehead atoms. The second-order valence-corrected chi connectivity index (χ2v) is 4.41. The number of hydroxylamine groups is 1. The minimum absolute atomic E-state index is 0.246. The van der Waals surface area contributed by atoms with Crippen molar-refractivity contribution in [3.63, 3.8) is 0 Å². The number of anilines is 1. The predicted molar refractivity (Wildman–Crippen MR) is 63.2 cm³/mol. The summed E-state index contributed by atoms with van der Waals surface area (Å²) in [6, 6.07) is 5.38. The van der Waals surface area contributed by atoms with E-state index in [1.165, 1.54) is 12.1 Å². The molecule has 2 rings (SSSR count). The van der Waals surface area contributed by atoms with E-state index in [0.717, 1.165) is 31.4 Å². The van der Waals surface area contributed by atoms with Crippen LogP contribution in [0.4, 0.5) is 18.9 Å². The smallest absolute Gasteiger partial charge is 0.273 e. The maximum Gasteiger partial charge on any atom is 0.416 e. The summed E-state index contributed by atoms with van der Waals surface area (Å²) in [6.07, 6.45) is -1.36. The van der Waals surface area contributed by atoms with Crippen molar-refractivity contribution in [2.24, 2.45) is 0 Å². The van der Waals surface area contributed by atoms with Gasteiger partial charge in [0, 0.05) is 0 Å². The van der Waals surface area contributed by atoms with Gasteiger partial charge in [0.2, 0.25) is 0 Å². The molecular formula is C13H16F3NO. The summed E-state index contributed by atoms with van der Waals surface area (Å²) in [6.45, 7) is 2.67. The molecule has 0 radical (unpaired) electrons. The van der Waals surface area contributed by atoms with Crippen LogP contribution in [0.15, 0.2) is 24.3 Å². The zero-order valence-corrected chi connectivity index (χ0v) is 10.2. The third-order valence-corrected chi connectivity index (χ3v) is 3.16. The molecule has 0 aliphatic carbocycles. The number of hydrogen-bond donors (Lipinski definition) is 0. The molecule has 1 aromatic carbocycles. The molecule has 0 spiro atoms. The Hall–Kier alpha value is -1.23. The zero-order valence-electron chi connectivity index (χ0n) is 10.2. The molecule has 0 saturated carbocycles. The Labute approximate surface area is 104 Å². The maximum atomic E-state index is 12.5. The Morgan fingerprint density at radius 1 is 1.28 bits per heavy atom.